The van der Waals surface area contributed by atoms with Crippen LogP contribution in [-0.4, -0.2) is 125 Å². The highest BCUT2D eigenvalue weighted by Gasteiger charge is 2.45. The van der Waals surface area contributed by atoms with Gasteiger partial charge in [-0.05, 0) is 68.4 Å². The molecule has 0 spiro atoms. The van der Waals surface area contributed by atoms with Crippen LogP contribution in [0.4, 0.5) is 0 Å². The first kappa shape index (κ1) is 54.3. The van der Waals surface area contributed by atoms with Crippen LogP contribution in [0.25, 0.3) is 0 Å². The van der Waals surface area contributed by atoms with Gasteiger partial charge in [0.25, 0.3) is 0 Å². The van der Waals surface area contributed by atoms with Crippen LogP contribution in [-0.2, 0) is 24.0 Å². The van der Waals surface area contributed by atoms with Gasteiger partial charge in [0.1, 0.15) is 42.1 Å². The first-order valence-electron chi connectivity index (χ1n) is 22.9. The number of unbranched alkanes of at least 4 members (excludes halogenated alkanes) is 5. The maximum Gasteiger partial charge on any atom is 0.248 e. The number of nitrogens with one attached hydrogen (secondary N) is 3. The first-order chi connectivity index (χ1) is 30.3. The van der Waals surface area contributed by atoms with Crippen molar-refractivity contribution in [1.29, 1.82) is 0 Å². The smallest absolute Gasteiger partial charge is 0.248 e. The van der Waals surface area contributed by atoms with Gasteiger partial charge in [-0.1, -0.05) is 103 Å². The van der Waals surface area contributed by atoms with Crippen LogP contribution < -0.4 is 16.0 Å². The summed E-state index contributed by atoms with van der Waals surface area (Å²) >= 11 is 1.39. The molecule has 2 aromatic carbocycles. The molecule has 0 saturated carbocycles. The van der Waals surface area contributed by atoms with E-state index >= 15 is 0 Å². The molecular weight excluding hydrogens is 841 g/mol. The number of aliphatic hydroxyl groups is 5. The number of amides is 4. The number of carbonyl (C=O) groups is 5. The van der Waals surface area contributed by atoms with Gasteiger partial charge in [0.05, 0.1) is 18.3 Å². The van der Waals surface area contributed by atoms with Crippen LogP contribution in [0.3, 0.4) is 0 Å². The number of aromatic hydroxyl groups is 1. The minimum absolute atomic E-state index is 0.0945. The van der Waals surface area contributed by atoms with E-state index in [0.717, 1.165) is 48.3 Å². The number of rotatable bonds is 28. The first-order valence-corrected chi connectivity index (χ1v) is 23.8. The van der Waals surface area contributed by atoms with Gasteiger partial charge in [0.15, 0.2) is 5.78 Å². The summed E-state index contributed by atoms with van der Waals surface area (Å²) in [6.45, 7) is 10.6. The Bertz CT molecular complexity index is 1750. The van der Waals surface area contributed by atoms with E-state index in [0.29, 0.717) is 12.3 Å². The molecule has 3 rings (SSSR count). The van der Waals surface area contributed by atoms with Crippen molar-refractivity contribution in [1.82, 2.24) is 20.9 Å². The Morgan fingerprint density at radius 1 is 0.781 bits per heavy atom. The Morgan fingerprint density at radius 2 is 1.41 bits per heavy atom. The van der Waals surface area contributed by atoms with E-state index in [-0.39, 0.29) is 37.1 Å². The summed E-state index contributed by atoms with van der Waals surface area (Å²) in [5.41, 5.74) is 0.152. The molecule has 15 nitrogen and oxygen atoms in total. The second-order valence-corrected chi connectivity index (χ2v) is 19.3. The van der Waals surface area contributed by atoms with Crippen molar-refractivity contribution >= 4 is 41.2 Å². The van der Waals surface area contributed by atoms with Crippen molar-refractivity contribution in [2.24, 2.45) is 11.8 Å². The number of aliphatic hydroxyl groups excluding tert-OH is 5. The van der Waals surface area contributed by atoms with Crippen molar-refractivity contribution < 1.29 is 54.6 Å². The van der Waals surface area contributed by atoms with Crippen LogP contribution in [0.15, 0.2) is 59.5 Å². The second-order valence-electron chi connectivity index (χ2n) is 17.8. The van der Waals surface area contributed by atoms with Crippen LogP contribution in [0.1, 0.15) is 130 Å². The highest BCUT2D eigenvalue weighted by atomic mass is 32.2. The Kier molecular flexibility index (Phi) is 23.3. The van der Waals surface area contributed by atoms with Gasteiger partial charge in [-0.25, -0.2) is 0 Å². The number of Topliss-reactive ketones (excluding diaryl/α,β-unsaturated/α-hetero) is 1. The van der Waals surface area contributed by atoms with Crippen molar-refractivity contribution in [2.45, 2.75) is 183 Å². The number of benzene rings is 2. The molecule has 0 aromatic heterocycles. The van der Waals surface area contributed by atoms with E-state index in [4.69, 9.17) is 0 Å². The third-order valence-corrected chi connectivity index (χ3v) is 13.4. The van der Waals surface area contributed by atoms with Gasteiger partial charge in [-0.2, -0.15) is 0 Å². The number of phenols is 1. The zero-order chi connectivity index (χ0) is 47.5. The predicted molar refractivity (Wildman–Crippen MR) is 246 cm³/mol. The summed E-state index contributed by atoms with van der Waals surface area (Å²) in [5, 5.41) is 71.4. The fraction of sp³-hybridized carbons (Fsp3) is 0.646. The quantitative estimate of drug-likeness (QED) is 0.0429. The number of thioether (sulfide) groups is 1. The molecule has 1 saturated heterocycles. The predicted octanol–water partition coefficient (Wildman–Crippen LogP) is 4.30. The van der Waals surface area contributed by atoms with Gasteiger partial charge in [-0.15, -0.1) is 11.8 Å². The SMILES string of the molecule is CCC(C)CC(C)CCCCCCCCC(=O)N[C@@H](C[C@@H](O)[C@H](C)Sc1ccccc1)C(=O)N[C@H](C(=O)N1C[C@H](O)C[C@H]1C(=O)N[C@H](C(C)=O)[C@H](O)[C@@H](O)c1ccc(O)cc1)[C@@H](C)O. The topological polar surface area (TPSA) is 246 Å². The van der Waals surface area contributed by atoms with E-state index in [1.165, 1.54) is 68.6 Å². The van der Waals surface area contributed by atoms with Crippen LogP contribution in [0, 0.1) is 11.8 Å². The molecule has 358 valence electrons. The van der Waals surface area contributed by atoms with Crippen molar-refractivity contribution in [2.75, 3.05) is 6.54 Å². The lowest BCUT2D eigenvalue weighted by Gasteiger charge is -2.32. The zero-order valence-electron chi connectivity index (χ0n) is 38.4. The maximum absolute atomic E-state index is 14.1. The van der Waals surface area contributed by atoms with Crippen LogP contribution >= 0.6 is 11.8 Å². The summed E-state index contributed by atoms with van der Waals surface area (Å²) in [7, 11) is 0. The molecule has 9 N–H and O–H groups in total. The lowest BCUT2D eigenvalue weighted by atomic mass is 9.91. The Morgan fingerprint density at radius 3 is 2.02 bits per heavy atom. The summed E-state index contributed by atoms with van der Waals surface area (Å²) in [4.78, 5) is 69.7. The van der Waals surface area contributed by atoms with Crippen LogP contribution in [0.5, 0.6) is 5.75 Å². The lowest BCUT2D eigenvalue weighted by Crippen LogP contribution is -2.61. The molecule has 2 unspecified atom stereocenters. The number of carbonyl (C=O) groups excluding carboxylic acids is 5. The van der Waals surface area contributed by atoms with Gasteiger partial charge >= 0.3 is 0 Å². The average molecular weight is 915 g/mol. The monoisotopic (exact) mass is 915 g/mol. The summed E-state index contributed by atoms with van der Waals surface area (Å²) in [6, 6.07) is 8.57. The van der Waals surface area contributed by atoms with E-state index in [1.807, 2.05) is 30.3 Å². The molecule has 64 heavy (non-hydrogen) atoms. The molecule has 16 heteroatoms. The minimum Gasteiger partial charge on any atom is -0.508 e. The number of nitrogens with zero attached hydrogens (tertiary/aromatic N) is 1. The van der Waals surface area contributed by atoms with Gasteiger partial charge in [-0.3, -0.25) is 24.0 Å². The van der Waals surface area contributed by atoms with Crippen LogP contribution in [0.2, 0.25) is 0 Å². The number of ketones is 1. The van der Waals surface area contributed by atoms with E-state index < -0.39 is 89.3 Å². The highest BCUT2D eigenvalue weighted by molar-refractivity contribution is 8.00. The fourth-order valence-corrected chi connectivity index (χ4v) is 9.05. The molecule has 2 aromatic rings. The number of β-amino-alcohol motifs (C(OH)–C–C–N with tert-alkyl or cyclic N) is 1. The molecule has 1 heterocycles. The summed E-state index contributed by atoms with van der Waals surface area (Å²) in [5.74, 6) is -2.50. The van der Waals surface area contributed by atoms with Gasteiger partial charge in [0, 0.05) is 36.0 Å². The Balaban J connectivity index is 1.70. The Hall–Kier alpha value is -4.06. The third-order valence-electron chi connectivity index (χ3n) is 12.1. The summed E-state index contributed by atoms with van der Waals surface area (Å²) < 4.78 is 0. The molecule has 0 bridgehead atoms. The molecule has 0 aliphatic carbocycles. The fourth-order valence-electron chi connectivity index (χ4n) is 8.04. The van der Waals surface area contributed by atoms with Crippen molar-refractivity contribution in [3.8, 4) is 5.75 Å². The van der Waals surface area contributed by atoms with E-state index in [2.05, 4.69) is 36.7 Å². The maximum atomic E-state index is 14.1. The molecule has 0 radical (unpaired) electrons. The normalized spacial score (nSPS) is 19.8. The minimum atomic E-state index is -1.84. The van der Waals surface area contributed by atoms with Gasteiger partial charge < -0.3 is 51.5 Å². The van der Waals surface area contributed by atoms with Crippen molar-refractivity contribution in [3.63, 3.8) is 0 Å². The largest absolute Gasteiger partial charge is 0.508 e. The number of likely N-dealkylation sites (tertiary alicyclic amines) is 1. The number of hydrogen-bond donors (Lipinski definition) is 9. The number of hydrogen-bond acceptors (Lipinski definition) is 12. The number of phenolic OH excluding ortho intramolecular Hbond substituents is 1. The molecule has 1 aliphatic rings. The molecule has 12 atom stereocenters. The van der Waals surface area contributed by atoms with E-state index in [9.17, 15) is 54.6 Å². The highest BCUT2D eigenvalue weighted by Crippen LogP contribution is 2.28. The standard InChI is InChI=1S/C48H74N4O11S/c1-7-29(2)25-30(3)17-13-10-8-9-11-16-20-41(58)49-38(27-40(57)33(6)64-37-18-14-12-15-19-37)46(61)51-43(32(5)54)48(63)52-28-36(56)26-39(52)47(62)50-42(31(4)53)45(60)44(59)34-21-23-35(55)24-22-34/h12,14-15,18-19,21-24,29-30,32-33,36,38-40,42-45,54-57,59-60H,7-11,13,16-17,20,25-28H2,1-6H3,(H,49,58)(H,50,62)(H,51,61)/t29?,30?,32-,33+,36-,38+,39+,40-,42-,43+,44+,45+/m1/s1. The Labute approximate surface area is 383 Å². The van der Waals surface area contributed by atoms with Crippen molar-refractivity contribution in [3.05, 3.63) is 60.2 Å². The second kappa shape index (κ2) is 27.4. The third kappa shape index (κ3) is 17.7. The van der Waals surface area contributed by atoms with Gasteiger partial charge in [0.2, 0.25) is 23.6 Å². The molecule has 1 fully saturated rings. The molecule has 1 aliphatic heterocycles. The molecule has 4 amide bonds. The summed E-state index contributed by atoms with van der Waals surface area (Å²) in [6.07, 6.45) is 1.78. The zero-order valence-corrected chi connectivity index (χ0v) is 39.2. The lowest BCUT2D eigenvalue weighted by molar-refractivity contribution is -0.145. The molecular formula is C48H74N4O11S. The van der Waals surface area contributed by atoms with E-state index in [1.54, 1.807) is 6.92 Å². The average Bonchev–Trinajstić information content (AvgIpc) is 3.66.